The van der Waals surface area contributed by atoms with E-state index < -0.39 is 17.6 Å². The number of carbonyl (C=O) groups excluding carboxylic acids is 1. The zero-order valence-electron chi connectivity index (χ0n) is 11.2. The first-order valence-corrected chi connectivity index (χ1v) is 7.83. The molecule has 2 aliphatic rings. The number of benzene rings is 1. The van der Waals surface area contributed by atoms with Crippen LogP contribution in [0.5, 0.6) is 0 Å². The monoisotopic (exact) mass is 361 g/mol. The first-order chi connectivity index (χ1) is 9.86. The van der Waals surface area contributed by atoms with Crippen molar-refractivity contribution < 1.29 is 18.0 Å². The van der Waals surface area contributed by atoms with Crippen LogP contribution in [0.4, 0.5) is 13.2 Å². The van der Waals surface area contributed by atoms with E-state index in [1.54, 1.807) is 0 Å². The first-order valence-electron chi connectivity index (χ1n) is 7.04. The lowest BCUT2D eigenvalue weighted by atomic mass is 10.1. The molecule has 21 heavy (non-hydrogen) atoms. The Morgan fingerprint density at radius 3 is 2.24 bits per heavy atom. The standard InChI is InChI=1S/C15H15BrF3NO/c16-12-6-5-10(7-11(12)15(17,18)19)14(21)20-13(8-1-2-8)9-3-4-9/h5-9,13H,1-4H2,(H,20,21). The average Bonchev–Trinajstić information content (AvgIpc) is 3.27. The highest BCUT2D eigenvalue weighted by molar-refractivity contribution is 9.10. The quantitative estimate of drug-likeness (QED) is 0.846. The van der Waals surface area contributed by atoms with Gasteiger partial charge in [0.25, 0.3) is 5.91 Å². The van der Waals surface area contributed by atoms with Crippen LogP contribution in [-0.2, 0) is 6.18 Å². The van der Waals surface area contributed by atoms with E-state index in [2.05, 4.69) is 21.2 Å². The van der Waals surface area contributed by atoms with Gasteiger partial charge in [0.15, 0.2) is 0 Å². The van der Waals surface area contributed by atoms with E-state index in [4.69, 9.17) is 0 Å². The minimum atomic E-state index is -4.47. The van der Waals surface area contributed by atoms with Crippen LogP contribution < -0.4 is 5.32 Å². The molecule has 0 heterocycles. The molecule has 1 N–H and O–H groups in total. The Bertz CT molecular complexity index is 553. The number of hydrogen-bond donors (Lipinski definition) is 1. The number of nitrogens with one attached hydrogen (secondary N) is 1. The number of hydrogen-bond acceptors (Lipinski definition) is 1. The van der Waals surface area contributed by atoms with Gasteiger partial charge in [-0.25, -0.2) is 0 Å². The minimum Gasteiger partial charge on any atom is -0.349 e. The van der Waals surface area contributed by atoms with E-state index >= 15 is 0 Å². The van der Waals surface area contributed by atoms with E-state index in [9.17, 15) is 18.0 Å². The summed E-state index contributed by atoms with van der Waals surface area (Å²) in [7, 11) is 0. The van der Waals surface area contributed by atoms with Crippen molar-refractivity contribution in [1.29, 1.82) is 0 Å². The maximum Gasteiger partial charge on any atom is 0.417 e. The molecule has 114 valence electrons. The smallest absolute Gasteiger partial charge is 0.349 e. The Kier molecular flexibility index (Phi) is 3.76. The molecule has 0 atom stereocenters. The Morgan fingerprint density at radius 2 is 1.76 bits per heavy atom. The summed E-state index contributed by atoms with van der Waals surface area (Å²) in [6, 6.07) is 3.75. The fourth-order valence-electron chi connectivity index (χ4n) is 2.65. The summed E-state index contributed by atoms with van der Waals surface area (Å²) in [5.74, 6) is 0.620. The van der Waals surface area contributed by atoms with Crippen LogP contribution in [0.15, 0.2) is 22.7 Å². The Morgan fingerprint density at radius 1 is 1.19 bits per heavy atom. The van der Waals surface area contributed by atoms with Gasteiger partial charge in [0, 0.05) is 16.1 Å². The van der Waals surface area contributed by atoms with Crippen LogP contribution in [0, 0.1) is 11.8 Å². The van der Waals surface area contributed by atoms with Crippen molar-refractivity contribution in [3.63, 3.8) is 0 Å². The second-order valence-electron chi connectivity index (χ2n) is 5.87. The predicted octanol–water partition coefficient (Wildman–Crippen LogP) is 4.39. The molecule has 1 aromatic rings. The molecule has 2 fully saturated rings. The second kappa shape index (κ2) is 5.30. The molecule has 0 aliphatic heterocycles. The molecule has 0 radical (unpaired) electrons. The van der Waals surface area contributed by atoms with Gasteiger partial charge in [-0.05, 0) is 55.7 Å². The normalized spacial score (nSPS) is 18.9. The largest absolute Gasteiger partial charge is 0.417 e. The van der Waals surface area contributed by atoms with Gasteiger partial charge >= 0.3 is 6.18 Å². The number of carbonyl (C=O) groups is 1. The minimum absolute atomic E-state index is 0.0486. The van der Waals surface area contributed by atoms with Crippen LogP contribution in [0.2, 0.25) is 0 Å². The molecule has 0 unspecified atom stereocenters. The SMILES string of the molecule is O=C(NC(C1CC1)C1CC1)c1ccc(Br)c(C(F)(F)F)c1. The Balaban J connectivity index is 1.78. The van der Waals surface area contributed by atoms with Gasteiger partial charge in [0.05, 0.1) is 5.56 Å². The molecule has 0 spiro atoms. The lowest BCUT2D eigenvalue weighted by molar-refractivity contribution is -0.138. The number of rotatable bonds is 4. The van der Waals surface area contributed by atoms with Gasteiger partial charge < -0.3 is 5.32 Å². The summed E-state index contributed by atoms with van der Waals surface area (Å²) in [6.45, 7) is 0. The molecule has 2 saturated carbocycles. The van der Waals surface area contributed by atoms with Gasteiger partial charge in [-0.2, -0.15) is 13.2 Å². The van der Waals surface area contributed by atoms with Crippen molar-refractivity contribution >= 4 is 21.8 Å². The summed E-state index contributed by atoms with van der Waals surface area (Å²) in [5.41, 5.74) is -0.749. The third kappa shape index (κ3) is 3.42. The second-order valence-corrected chi connectivity index (χ2v) is 6.72. The molecule has 0 bridgehead atoms. The third-order valence-electron chi connectivity index (χ3n) is 4.09. The van der Waals surface area contributed by atoms with Crippen LogP contribution in [0.1, 0.15) is 41.6 Å². The third-order valence-corrected chi connectivity index (χ3v) is 4.78. The number of alkyl halides is 3. The molecule has 2 nitrogen and oxygen atoms in total. The van der Waals surface area contributed by atoms with E-state index in [0.717, 1.165) is 31.7 Å². The highest BCUT2D eigenvalue weighted by Gasteiger charge is 2.42. The maximum atomic E-state index is 12.9. The molecule has 6 heteroatoms. The summed E-state index contributed by atoms with van der Waals surface area (Å²) in [4.78, 5) is 12.2. The van der Waals surface area contributed by atoms with E-state index in [1.165, 1.54) is 12.1 Å². The maximum absolute atomic E-state index is 12.9. The molecule has 2 aliphatic carbocycles. The summed E-state index contributed by atoms with van der Waals surface area (Å²) < 4.78 is 38.6. The van der Waals surface area contributed by atoms with Gasteiger partial charge in [0.1, 0.15) is 0 Å². The molecule has 0 aromatic heterocycles. The van der Waals surface area contributed by atoms with E-state index in [1.807, 2.05) is 0 Å². The zero-order valence-corrected chi connectivity index (χ0v) is 12.8. The van der Waals surface area contributed by atoms with Crippen LogP contribution in [0.25, 0.3) is 0 Å². The predicted molar refractivity (Wildman–Crippen MR) is 75.8 cm³/mol. The fraction of sp³-hybridized carbons (Fsp3) is 0.533. The zero-order chi connectivity index (χ0) is 15.2. The van der Waals surface area contributed by atoms with Gasteiger partial charge in [-0.15, -0.1) is 0 Å². The highest BCUT2D eigenvalue weighted by Crippen LogP contribution is 2.44. The van der Waals surface area contributed by atoms with E-state index in [0.29, 0.717) is 11.8 Å². The molecule has 1 amide bonds. The van der Waals surface area contributed by atoms with Crippen molar-refractivity contribution in [2.75, 3.05) is 0 Å². The van der Waals surface area contributed by atoms with Crippen LogP contribution in [-0.4, -0.2) is 11.9 Å². The molecule has 0 saturated heterocycles. The topological polar surface area (TPSA) is 29.1 Å². The molecule has 3 rings (SSSR count). The van der Waals surface area contributed by atoms with Gasteiger partial charge in [-0.1, -0.05) is 15.9 Å². The Hall–Kier alpha value is -1.04. The lowest BCUT2D eigenvalue weighted by Gasteiger charge is -2.18. The summed E-state index contributed by atoms with van der Waals surface area (Å²) >= 11 is 2.88. The van der Waals surface area contributed by atoms with Crippen molar-refractivity contribution in [2.24, 2.45) is 11.8 Å². The highest BCUT2D eigenvalue weighted by atomic mass is 79.9. The lowest BCUT2D eigenvalue weighted by Crippen LogP contribution is -2.38. The van der Waals surface area contributed by atoms with Crippen LogP contribution in [0.3, 0.4) is 0 Å². The first kappa shape index (κ1) is 14.9. The molecule has 1 aromatic carbocycles. The fourth-order valence-corrected chi connectivity index (χ4v) is 3.12. The van der Waals surface area contributed by atoms with E-state index in [-0.39, 0.29) is 16.1 Å². The van der Waals surface area contributed by atoms with Gasteiger partial charge in [-0.3, -0.25) is 4.79 Å². The van der Waals surface area contributed by atoms with Crippen molar-refractivity contribution in [3.8, 4) is 0 Å². The Labute approximate surface area is 129 Å². The summed E-state index contributed by atoms with van der Waals surface area (Å²) in [6.07, 6.45) is -0.0438. The average molecular weight is 362 g/mol. The number of amides is 1. The van der Waals surface area contributed by atoms with Crippen molar-refractivity contribution in [2.45, 2.75) is 37.9 Å². The summed E-state index contributed by atoms with van der Waals surface area (Å²) in [5, 5.41) is 2.93. The van der Waals surface area contributed by atoms with Gasteiger partial charge in [0.2, 0.25) is 0 Å². The number of halogens is 4. The molecular formula is C15H15BrF3NO. The van der Waals surface area contributed by atoms with Crippen molar-refractivity contribution in [1.82, 2.24) is 5.32 Å². The van der Waals surface area contributed by atoms with Crippen LogP contribution >= 0.6 is 15.9 Å². The molecular weight excluding hydrogens is 347 g/mol. The van der Waals surface area contributed by atoms with Crippen molar-refractivity contribution in [3.05, 3.63) is 33.8 Å².